The van der Waals surface area contributed by atoms with E-state index in [-0.39, 0.29) is 36.5 Å². The molecule has 1 atom stereocenters. The van der Waals surface area contributed by atoms with Crippen LogP contribution in [0.2, 0.25) is 0 Å². The Hall–Kier alpha value is -2.54. The largest absolute Gasteiger partial charge is 0.394 e. The van der Waals surface area contributed by atoms with Gasteiger partial charge in [-0.05, 0) is 24.8 Å². The van der Waals surface area contributed by atoms with E-state index in [9.17, 15) is 14.7 Å². The summed E-state index contributed by atoms with van der Waals surface area (Å²) in [6.45, 7) is 3.77. The number of amides is 3. The zero-order chi connectivity index (χ0) is 18.0. The summed E-state index contributed by atoms with van der Waals surface area (Å²) in [4.78, 5) is 27.6. The van der Waals surface area contributed by atoms with Crippen LogP contribution in [0, 0.1) is 5.92 Å². The van der Waals surface area contributed by atoms with Crippen LogP contribution in [0.4, 0.5) is 10.5 Å². The predicted molar refractivity (Wildman–Crippen MR) is 96.7 cm³/mol. The van der Waals surface area contributed by atoms with E-state index in [2.05, 4.69) is 20.9 Å². The first kappa shape index (κ1) is 17.3. The lowest BCUT2D eigenvalue weighted by molar-refractivity contribution is 0.0898. The Kier molecular flexibility index (Phi) is 4.94. The van der Waals surface area contributed by atoms with Gasteiger partial charge < -0.3 is 26.0 Å². The fourth-order valence-electron chi connectivity index (χ4n) is 2.69. The molecule has 1 saturated carbocycles. The molecular weight excluding hydrogens is 320 g/mol. The maximum atomic E-state index is 12.5. The molecule has 0 aliphatic heterocycles. The monoisotopic (exact) mass is 344 g/mol. The van der Waals surface area contributed by atoms with E-state index >= 15 is 0 Å². The SMILES string of the molecule is CC(C)[C@@H](CO)NC(=O)c1c[nH]c2c(NC(=O)NC3CC3)cccc12. The number of hydrogen-bond donors (Lipinski definition) is 5. The number of para-hydroxylation sites is 1. The number of aliphatic hydroxyl groups is 1. The number of urea groups is 1. The lowest BCUT2D eigenvalue weighted by Gasteiger charge is -2.19. The van der Waals surface area contributed by atoms with Gasteiger partial charge in [0.2, 0.25) is 0 Å². The molecule has 25 heavy (non-hydrogen) atoms. The van der Waals surface area contributed by atoms with Gasteiger partial charge in [0.1, 0.15) is 0 Å². The van der Waals surface area contributed by atoms with Gasteiger partial charge >= 0.3 is 6.03 Å². The molecular formula is C18H24N4O3. The Morgan fingerprint density at radius 3 is 2.72 bits per heavy atom. The number of fused-ring (bicyclic) bond motifs is 1. The van der Waals surface area contributed by atoms with Crippen molar-refractivity contribution in [2.24, 2.45) is 5.92 Å². The van der Waals surface area contributed by atoms with Crippen LogP contribution >= 0.6 is 0 Å². The normalized spacial score (nSPS) is 15.2. The first-order valence-corrected chi connectivity index (χ1v) is 8.59. The maximum absolute atomic E-state index is 12.5. The molecule has 5 N–H and O–H groups in total. The Balaban J connectivity index is 1.80. The van der Waals surface area contributed by atoms with Gasteiger partial charge in [0, 0.05) is 17.6 Å². The average Bonchev–Trinajstić information content (AvgIpc) is 3.26. The Labute approximate surface area is 146 Å². The lowest BCUT2D eigenvalue weighted by atomic mass is 10.0. The van der Waals surface area contributed by atoms with Gasteiger partial charge in [0.25, 0.3) is 5.91 Å². The first-order valence-electron chi connectivity index (χ1n) is 8.59. The summed E-state index contributed by atoms with van der Waals surface area (Å²) in [6, 6.07) is 5.15. The molecule has 3 rings (SSSR count). The van der Waals surface area contributed by atoms with Crippen LogP contribution in [0.25, 0.3) is 10.9 Å². The minimum absolute atomic E-state index is 0.111. The molecule has 1 aliphatic rings. The molecule has 1 aliphatic carbocycles. The zero-order valence-corrected chi connectivity index (χ0v) is 14.4. The summed E-state index contributed by atoms with van der Waals surface area (Å²) < 4.78 is 0. The molecule has 7 heteroatoms. The summed E-state index contributed by atoms with van der Waals surface area (Å²) in [7, 11) is 0. The van der Waals surface area contributed by atoms with Crippen LogP contribution in [-0.4, -0.2) is 40.7 Å². The van der Waals surface area contributed by atoms with E-state index in [0.717, 1.165) is 18.2 Å². The number of aromatic nitrogens is 1. The van der Waals surface area contributed by atoms with Gasteiger partial charge in [0.05, 0.1) is 29.4 Å². The van der Waals surface area contributed by atoms with E-state index in [1.807, 2.05) is 19.9 Å². The molecule has 0 bridgehead atoms. The van der Waals surface area contributed by atoms with Crippen molar-refractivity contribution in [1.29, 1.82) is 0 Å². The van der Waals surface area contributed by atoms with Crippen molar-refractivity contribution in [3.05, 3.63) is 30.0 Å². The molecule has 7 nitrogen and oxygen atoms in total. The van der Waals surface area contributed by atoms with Crippen LogP contribution in [-0.2, 0) is 0 Å². The highest BCUT2D eigenvalue weighted by Crippen LogP contribution is 2.26. The first-order chi connectivity index (χ1) is 12.0. The fraction of sp³-hybridized carbons (Fsp3) is 0.444. The van der Waals surface area contributed by atoms with Crippen LogP contribution in [0.15, 0.2) is 24.4 Å². The second-order valence-electron chi connectivity index (χ2n) is 6.81. The highest BCUT2D eigenvalue weighted by molar-refractivity contribution is 6.11. The van der Waals surface area contributed by atoms with Gasteiger partial charge in [-0.3, -0.25) is 4.79 Å². The van der Waals surface area contributed by atoms with E-state index < -0.39 is 0 Å². The summed E-state index contributed by atoms with van der Waals surface area (Å²) in [5.74, 6) is -0.124. The third-order valence-corrected chi connectivity index (χ3v) is 4.44. The minimum Gasteiger partial charge on any atom is -0.394 e. The molecule has 0 saturated heterocycles. The summed E-state index contributed by atoms with van der Waals surface area (Å²) in [6.07, 6.45) is 3.66. The quantitative estimate of drug-likeness (QED) is 0.554. The molecule has 1 heterocycles. The lowest BCUT2D eigenvalue weighted by Crippen LogP contribution is -2.41. The molecule has 1 aromatic heterocycles. The third-order valence-electron chi connectivity index (χ3n) is 4.44. The van der Waals surface area contributed by atoms with Crippen molar-refractivity contribution < 1.29 is 14.7 Å². The van der Waals surface area contributed by atoms with Crippen molar-refractivity contribution in [1.82, 2.24) is 15.6 Å². The fourth-order valence-corrected chi connectivity index (χ4v) is 2.69. The molecule has 134 valence electrons. The summed E-state index contributed by atoms with van der Waals surface area (Å²) >= 11 is 0. The third kappa shape index (κ3) is 3.93. The number of anilines is 1. The van der Waals surface area contributed by atoms with Crippen LogP contribution in [0.3, 0.4) is 0 Å². The highest BCUT2D eigenvalue weighted by Gasteiger charge is 2.24. The van der Waals surface area contributed by atoms with Crippen molar-refractivity contribution in [2.75, 3.05) is 11.9 Å². The Morgan fingerprint density at radius 2 is 2.08 bits per heavy atom. The van der Waals surface area contributed by atoms with Gasteiger partial charge in [-0.15, -0.1) is 0 Å². The van der Waals surface area contributed by atoms with E-state index in [4.69, 9.17) is 0 Å². The van der Waals surface area contributed by atoms with E-state index in [0.29, 0.717) is 16.8 Å². The van der Waals surface area contributed by atoms with Crippen LogP contribution in [0.5, 0.6) is 0 Å². The van der Waals surface area contributed by atoms with E-state index in [1.165, 1.54) is 0 Å². The number of carbonyl (C=O) groups excluding carboxylic acids is 2. The minimum atomic E-state index is -0.303. The Bertz CT molecular complexity index is 780. The topological polar surface area (TPSA) is 106 Å². The molecule has 0 radical (unpaired) electrons. The van der Waals surface area contributed by atoms with Gasteiger partial charge in [0.15, 0.2) is 0 Å². The molecule has 3 amide bonds. The van der Waals surface area contributed by atoms with Crippen molar-refractivity contribution in [3.63, 3.8) is 0 Å². The van der Waals surface area contributed by atoms with Crippen molar-refractivity contribution >= 4 is 28.5 Å². The molecule has 1 aromatic carbocycles. The van der Waals surface area contributed by atoms with Gasteiger partial charge in [-0.25, -0.2) is 4.79 Å². The van der Waals surface area contributed by atoms with Crippen molar-refractivity contribution in [3.8, 4) is 0 Å². The number of aromatic amines is 1. The number of carbonyl (C=O) groups is 2. The molecule has 0 unspecified atom stereocenters. The average molecular weight is 344 g/mol. The maximum Gasteiger partial charge on any atom is 0.319 e. The number of benzene rings is 1. The number of H-pyrrole nitrogens is 1. The second kappa shape index (κ2) is 7.14. The van der Waals surface area contributed by atoms with Gasteiger partial charge in [-0.1, -0.05) is 26.0 Å². The summed E-state index contributed by atoms with van der Waals surface area (Å²) in [5, 5.41) is 18.7. The highest BCUT2D eigenvalue weighted by atomic mass is 16.3. The van der Waals surface area contributed by atoms with E-state index in [1.54, 1.807) is 18.3 Å². The predicted octanol–water partition coefficient (Wildman–Crippen LogP) is 2.20. The van der Waals surface area contributed by atoms with Crippen LogP contribution < -0.4 is 16.0 Å². The standard InChI is InChI=1S/C18H24N4O3/c1-10(2)15(9-23)21-17(24)13-8-19-16-12(13)4-3-5-14(16)22-18(25)20-11-6-7-11/h3-5,8,10-11,15,19,23H,6-7,9H2,1-2H3,(H,21,24)(H2,20,22,25)/t15-/m1/s1. The Morgan fingerprint density at radius 1 is 1.32 bits per heavy atom. The number of rotatable bonds is 6. The number of aliphatic hydroxyl groups excluding tert-OH is 1. The summed E-state index contributed by atoms with van der Waals surface area (Å²) in [5.41, 5.74) is 1.81. The zero-order valence-electron chi connectivity index (χ0n) is 14.4. The molecule has 2 aromatic rings. The number of nitrogens with one attached hydrogen (secondary N) is 4. The molecule has 1 fully saturated rings. The van der Waals surface area contributed by atoms with Crippen LogP contribution in [0.1, 0.15) is 37.0 Å². The smallest absolute Gasteiger partial charge is 0.319 e. The number of hydrogen-bond acceptors (Lipinski definition) is 3. The molecule has 0 spiro atoms. The van der Waals surface area contributed by atoms with Crippen molar-refractivity contribution in [2.45, 2.75) is 38.8 Å². The van der Waals surface area contributed by atoms with Gasteiger partial charge in [-0.2, -0.15) is 0 Å². The second-order valence-corrected chi connectivity index (χ2v) is 6.81.